The van der Waals surface area contributed by atoms with Crippen molar-refractivity contribution in [1.29, 1.82) is 5.26 Å². The lowest BCUT2D eigenvalue weighted by atomic mass is 9.65. The molecule has 1 heteroatoms. The van der Waals surface area contributed by atoms with E-state index in [1.807, 2.05) is 18.2 Å². The van der Waals surface area contributed by atoms with Crippen LogP contribution in [0.1, 0.15) is 30.4 Å². The predicted molar refractivity (Wildman–Crippen MR) is 57.7 cm³/mol. The highest BCUT2D eigenvalue weighted by atomic mass is 14.4. The van der Waals surface area contributed by atoms with E-state index in [1.165, 1.54) is 6.42 Å². The van der Waals surface area contributed by atoms with E-state index in [9.17, 15) is 0 Å². The first-order valence-corrected chi connectivity index (χ1v) is 4.95. The van der Waals surface area contributed by atoms with Crippen LogP contribution in [-0.2, 0) is 5.41 Å². The lowest BCUT2D eigenvalue weighted by Crippen LogP contribution is -2.32. The van der Waals surface area contributed by atoms with Gasteiger partial charge in [0.25, 0.3) is 0 Å². The molecule has 1 nitrogen and oxygen atoms in total. The van der Waals surface area contributed by atoms with Crippen LogP contribution in [0.25, 0.3) is 6.08 Å². The molecule has 0 aliphatic heterocycles. The molecule has 0 aromatic heterocycles. The molecule has 0 bridgehead atoms. The van der Waals surface area contributed by atoms with Gasteiger partial charge in [0.1, 0.15) is 0 Å². The zero-order chi connectivity index (χ0) is 10.0. The third-order valence-electron chi connectivity index (χ3n) is 3.12. The number of nitrogens with zero attached hydrogens (tertiary/aromatic N) is 1. The van der Waals surface area contributed by atoms with Crippen LogP contribution in [0.3, 0.4) is 0 Å². The summed E-state index contributed by atoms with van der Waals surface area (Å²) in [4.78, 5) is 0. The van der Waals surface area contributed by atoms with E-state index in [-0.39, 0.29) is 5.41 Å². The van der Waals surface area contributed by atoms with Crippen molar-refractivity contribution < 1.29 is 0 Å². The Morgan fingerprint density at radius 3 is 2.29 bits per heavy atom. The molecule has 0 amide bonds. The van der Waals surface area contributed by atoms with Gasteiger partial charge in [0.2, 0.25) is 0 Å². The van der Waals surface area contributed by atoms with Crippen LogP contribution in [-0.4, -0.2) is 0 Å². The van der Waals surface area contributed by atoms with Gasteiger partial charge < -0.3 is 0 Å². The highest BCUT2D eigenvalue weighted by Crippen LogP contribution is 2.42. The number of benzene rings is 1. The largest absolute Gasteiger partial charge is 0.197 e. The van der Waals surface area contributed by atoms with Crippen molar-refractivity contribution >= 4 is 6.08 Å². The van der Waals surface area contributed by atoms with E-state index >= 15 is 0 Å². The second-order valence-electron chi connectivity index (χ2n) is 3.87. The van der Waals surface area contributed by atoms with Gasteiger partial charge in [-0.1, -0.05) is 36.9 Å². The number of rotatable bonds is 2. The fourth-order valence-corrected chi connectivity index (χ4v) is 1.93. The van der Waals surface area contributed by atoms with Gasteiger partial charge in [-0.05, 0) is 30.4 Å². The maximum atomic E-state index is 9.15. The summed E-state index contributed by atoms with van der Waals surface area (Å²) < 4.78 is 0. The van der Waals surface area contributed by atoms with Crippen LogP contribution in [0.15, 0.2) is 30.8 Å². The minimum Gasteiger partial charge on any atom is -0.197 e. The Morgan fingerprint density at radius 1 is 1.29 bits per heavy atom. The normalized spacial score (nSPS) is 17.9. The summed E-state index contributed by atoms with van der Waals surface area (Å²) in [5, 5.41) is 9.15. The number of hydrogen-bond donors (Lipinski definition) is 0. The lowest BCUT2D eigenvalue weighted by Gasteiger charge is -2.35. The zero-order valence-corrected chi connectivity index (χ0v) is 8.16. The molecule has 0 unspecified atom stereocenters. The van der Waals surface area contributed by atoms with Gasteiger partial charge in [0.05, 0.1) is 11.5 Å². The van der Waals surface area contributed by atoms with E-state index in [0.29, 0.717) is 0 Å². The molecule has 14 heavy (non-hydrogen) atoms. The Morgan fingerprint density at radius 2 is 1.93 bits per heavy atom. The van der Waals surface area contributed by atoms with Gasteiger partial charge in [-0.25, -0.2) is 0 Å². The van der Waals surface area contributed by atoms with Crippen molar-refractivity contribution in [2.75, 3.05) is 0 Å². The van der Waals surface area contributed by atoms with E-state index in [2.05, 4.69) is 24.8 Å². The smallest absolute Gasteiger partial charge is 0.0822 e. The van der Waals surface area contributed by atoms with Crippen molar-refractivity contribution in [3.8, 4) is 6.07 Å². The second-order valence-corrected chi connectivity index (χ2v) is 3.87. The Balaban J connectivity index is 2.33. The average molecular weight is 183 g/mol. The standard InChI is InChI=1S/C13H13N/c1-2-11-4-6-12(7-5-11)13(10-14)8-3-9-13/h2,4-7H,1,3,8-9H2. The molecule has 1 aromatic carbocycles. The first-order valence-electron chi connectivity index (χ1n) is 4.95. The van der Waals surface area contributed by atoms with Crippen molar-refractivity contribution in [2.24, 2.45) is 0 Å². The molecule has 1 fully saturated rings. The van der Waals surface area contributed by atoms with Crippen LogP contribution in [0.4, 0.5) is 0 Å². The Labute approximate surface area is 84.7 Å². The minimum absolute atomic E-state index is 0.181. The zero-order valence-electron chi connectivity index (χ0n) is 8.16. The topological polar surface area (TPSA) is 23.8 Å². The quantitative estimate of drug-likeness (QED) is 0.690. The van der Waals surface area contributed by atoms with Crippen LogP contribution in [0.5, 0.6) is 0 Å². The average Bonchev–Trinajstić information content (AvgIpc) is 2.18. The molecule has 1 saturated carbocycles. The Kier molecular flexibility index (Phi) is 2.13. The molecule has 1 aromatic rings. The van der Waals surface area contributed by atoms with E-state index in [1.54, 1.807) is 0 Å². The molecular formula is C13H13N. The van der Waals surface area contributed by atoms with E-state index in [4.69, 9.17) is 5.26 Å². The fraction of sp³-hybridized carbons (Fsp3) is 0.308. The molecule has 0 radical (unpaired) electrons. The monoisotopic (exact) mass is 183 g/mol. The SMILES string of the molecule is C=Cc1ccc(C2(C#N)CCC2)cc1. The molecule has 0 saturated heterocycles. The molecule has 1 aliphatic rings. The van der Waals surface area contributed by atoms with Crippen LogP contribution >= 0.6 is 0 Å². The third kappa shape index (κ3) is 1.24. The Hall–Kier alpha value is -1.55. The number of nitriles is 1. The summed E-state index contributed by atoms with van der Waals surface area (Å²) in [6.45, 7) is 3.71. The van der Waals surface area contributed by atoms with Gasteiger partial charge in [-0.2, -0.15) is 5.26 Å². The molecule has 1 aliphatic carbocycles. The molecule has 0 spiro atoms. The van der Waals surface area contributed by atoms with E-state index in [0.717, 1.165) is 24.0 Å². The van der Waals surface area contributed by atoms with Crippen molar-refractivity contribution in [3.63, 3.8) is 0 Å². The molecule has 0 atom stereocenters. The fourth-order valence-electron chi connectivity index (χ4n) is 1.93. The van der Waals surface area contributed by atoms with Crippen molar-refractivity contribution in [2.45, 2.75) is 24.7 Å². The van der Waals surface area contributed by atoms with Crippen LogP contribution in [0.2, 0.25) is 0 Å². The lowest BCUT2D eigenvalue weighted by molar-refractivity contribution is 0.324. The van der Waals surface area contributed by atoms with Gasteiger partial charge in [0.15, 0.2) is 0 Å². The maximum Gasteiger partial charge on any atom is 0.0822 e. The summed E-state index contributed by atoms with van der Waals surface area (Å²) in [6, 6.07) is 10.6. The predicted octanol–water partition coefficient (Wildman–Crippen LogP) is 3.27. The Bertz CT molecular complexity index is 377. The summed E-state index contributed by atoms with van der Waals surface area (Å²) in [6.07, 6.45) is 5.02. The highest BCUT2D eigenvalue weighted by Gasteiger charge is 2.38. The second kappa shape index (κ2) is 3.31. The van der Waals surface area contributed by atoms with Gasteiger partial charge in [0, 0.05) is 0 Å². The first kappa shape index (κ1) is 9.02. The highest BCUT2D eigenvalue weighted by molar-refractivity contribution is 5.49. The first-order chi connectivity index (χ1) is 6.80. The maximum absolute atomic E-state index is 9.15. The van der Waals surface area contributed by atoms with Crippen molar-refractivity contribution in [1.82, 2.24) is 0 Å². The molecule has 70 valence electrons. The third-order valence-corrected chi connectivity index (χ3v) is 3.12. The summed E-state index contributed by atoms with van der Waals surface area (Å²) in [5.41, 5.74) is 2.10. The van der Waals surface area contributed by atoms with Gasteiger partial charge in [-0.3, -0.25) is 0 Å². The number of hydrogen-bond acceptors (Lipinski definition) is 1. The summed E-state index contributed by atoms with van der Waals surface area (Å²) >= 11 is 0. The molecule has 2 rings (SSSR count). The van der Waals surface area contributed by atoms with Crippen LogP contribution < -0.4 is 0 Å². The van der Waals surface area contributed by atoms with E-state index < -0.39 is 0 Å². The van der Waals surface area contributed by atoms with Gasteiger partial charge >= 0.3 is 0 Å². The minimum atomic E-state index is -0.181. The molecular weight excluding hydrogens is 170 g/mol. The van der Waals surface area contributed by atoms with Crippen molar-refractivity contribution in [3.05, 3.63) is 42.0 Å². The molecule has 0 N–H and O–H groups in total. The molecule has 0 heterocycles. The summed E-state index contributed by atoms with van der Waals surface area (Å²) in [5.74, 6) is 0. The van der Waals surface area contributed by atoms with Gasteiger partial charge in [-0.15, -0.1) is 0 Å². The van der Waals surface area contributed by atoms with Crippen LogP contribution in [0, 0.1) is 11.3 Å². The summed E-state index contributed by atoms with van der Waals surface area (Å²) in [7, 11) is 0.